The summed E-state index contributed by atoms with van der Waals surface area (Å²) >= 11 is 6.07. The molecule has 2 amide bonds. The minimum atomic E-state index is 0.0434. The van der Waals surface area contributed by atoms with Gasteiger partial charge in [-0.1, -0.05) is 18.5 Å². The summed E-state index contributed by atoms with van der Waals surface area (Å²) < 4.78 is 5.39. The molecule has 1 saturated heterocycles. The van der Waals surface area contributed by atoms with Gasteiger partial charge in [0.25, 0.3) is 0 Å². The number of piperazine rings is 1. The normalized spacial score (nSPS) is 15.7. The number of methoxy groups -OCH3 is 1. The molecule has 0 radical (unpaired) electrons. The van der Waals surface area contributed by atoms with Crippen LogP contribution >= 0.6 is 11.6 Å². The van der Waals surface area contributed by atoms with Gasteiger partial charge in [0, 0.05) is 49.9 Å². The van der Waals surface area contributed by atoms with E-state index in [0.29, 0.717) is 5.02 Å². The molecule has 2 rings (SSSR count). The van der Waals surface area contributed by atoms with Gasteiger partial charge in [0.15, 0.2) is 0 Å². The molecule has 5 nitrogen and oxygen atoms in total. The third-order valence-electron chi connectivity index (χ3n) is 3.82. The Morgan fingerprint density at radius 2 is 2.05 bits per heavy atom. The van der Waals surface area contributed by atoms with Crippen LogP contribution < -0.4 is 10.1 Å². The van der Waals surface area contributed by atoms with Gasteiger partial charge in [-0.3, -0.25) is 4.90 Å². The van der Waals surface area contributed by atoms with Crippen LogP contribution in [0.4, 0.5) is 4.79 Å². The van der Waals surface area contributed by atoms with E-state index in [1.807, 2.05) is 23.1 Å². The predicted octanol–water partition coefficient (Wildman–Crippen LogP) is 2.59. The second kappa shape index (κ2) is 8.25. The number of carbonyl (C=O) groups excluding carboxylic acids is 1. The van der Waals surface area contributed by atoms with Gasteiger partial charge in [-0.15, -0.1) is 0 Å². The van der Waals surface area contributed by atoms with Crippen molar-refractivity contribution >= 4 is 17.6 Å². The van der Waals surface area contributed by atoms with Gasteiger partial charge in [0.2, 0.25) is 0 Å². The smallest absolute Gasteiger partial charge is 0.317 e. The first-order valence-electron chi connectivity index (χ1n) is 7.71. The number of rotatable bonds is 5. The van der Waals surface area contributed by atoms with Crippen molar-refractivity contribution in [3.8, 4) is 5.75 Å². The molecule has 0 aromatic heterocycles. The molecule has 0 spiro atoms. The second-order valence-corrected chi connectivity index (χ2v) is 5.89. The monoisotopic (exact) mass is 325 g/mol. The number of ether oxygens (including phenoxy) is 1. The first kappa shape index (κ1) is 16.9. The number of hydrogen-bond donors (Lipinski definition) is 1. The summed E-state index contributed by atoms with van der Waals surface area (Å²) in [5.74, 6) is 0.854. The number of halogens is 1. The standard InChI is InChI=1S/C16H24ClN3O2/c1-3-6-18-16(21)20-9-7-19(8-10-20)12-13-11-14(17)4-5-15(13)22-2/h4-5,11H,3,6-10,12H2,1-2H3,(H,18,21). The van der Waals surface area contributed by atoms with Crippen molar-refractivity contribution in [1.29, 1.82) is 0 Å². The Bertz CT molecular complexity index is 502. The molecule has 0 saturated carbocycles. The summed E-state index contributed by atoms with van der Waals surface area (Å²) in [7, 11) is 1.67. The zero-order valence-corrected chi connectivity index (χ0v) is 14.0. The van der Waals surface area contributed by atoms with Crippen LogP contribution in [0.25, 0.3) is 0 Å². The molecule has 1 fully saturated rings. The fourth-order valence-electron chi connectivity index (χ4n) is 2.56. The summed E-state index contributed by atoms with van der Waals surface area (Å²) in [5.41, 5.74) is 1.08. The Balaban J connectivity index is 1.87. The number of urea groups is 1. The maximum absolute atomic E-state index is 11.9. The SMILES string of the molecule is CCCNC(=O)N1CCN(Cc2cc(Cl)ccc2OC)CC1. The molecule has 122 valence electrons. The van der Waals surface area contributed by atoms with Crippen LogP contribution in [0.15, 0.2) is 18.2 Å². The Labute approximate surface area is 137 Å². The zero-order chi connectivity index (χ0) is 15.9. The van der Waals surface area contributed by atoms with Gasteiger partial charge in [0.1, 0.15) is 5.75 Å². The molecule has 1 aromatic rings. The zero-order valence-electron chi connectivity index (χ0n) is 13.3. The Kier molecular flexibility index (Phi) is 6.34. The maximum Gasteiger partial charge on any atom is 0.317 e. The molecule has 1 aliphatic heterocycles. The van der Waals surface area contributed by atoms with E-state index >= 15 is 0 Å². The maximum atomic E-state index is 11.9. The average Bonchev–Trinajstić information content (AvgIpc) is 2.53. The van der Waals surface area contributed by atoms with Crippen LogP contribution in [0, 0.1) is 0 Å². The van der Waals surface area contributed by atoms with Crippen LogP contribution in [-0.4, -0.2) is 55.7 Å². The molecule has 0 bridgehead atoms. The molecule has 1 N–H and O–H groups in total. The third-order valence-corrected chi connectivity index (χ3v) is 4.06. The molecule has 22 heavy (non-hydrogen) atoms. The molecule has 1 heterocycles. The number of amides is 2. The average molecular weight is 326 g/mol. The Morgan fingerprint density at radius 3 is 2.68 bits per heavy atom. The fourth-order valence-corrected chi connectivity index (χ4v) is 2.76. The lowest BCUT2D eigenvalue weighted by molar-refractivity contribution is 0.134. The van der Waals surface area contributed by atoms with E-state index in [1.165, 1.54) is 0 Å². The molecular weight excluding hydrogens is 302 g/mol. The van der Waals surface area contributed by atoms with E-state index < -0.39 is 0 Å². The van der Waals surface area contributed by atoms with E-state index in [1.54, 1.807) is 7.11 Å². The van der Waals surface area contributed by atoms with Crippen molar-refractivity contribution in [2.24, 2.45) is 0 Å². The quantitative estimate of drug-likeness (QED) is 0.905. The summed E-state index contributed by atoms with van der Waals surface area (Å²) in [6.45, 7) is 6.78. The number of benzene rings is 1. The minimum absolute atomic E-state index is 0.0434. The molecule has 0 unspecified atom stereocenters. The Morgan fingerprint density at radius 1 is 1.32 bits per heavy atom. The first-order valence-corrected chi connectivity index (χ1v) is 8.09. The number of carbonyl (C=O) groups is 1. The van der Waals surface area contributed by atoms with Crippen LogP contribution in [0.5, 0.6) is 5.75 Å². The highest BCUT2D eigenvalue weighted by Gasteiger charge is 2.21. The fraction of sp³-hybridized carbons (Fsp3) is 0.562. The van der Waals surface area contributed by atoms with Gasteiger partial charge >= 0.3 is 6.03 Å². The Hall–Kier alpha value is -1.46. The van der Waals surface area contributed by atoms with Crippen LogP contribution in [-0.2, 0) is 6.54 Å². The number of hydrogen-bond acceptors (Lipinski definition) is 3. The van der Waals surface area contributed by atoms with Crippen LogP contribution in [0.1, 0.15) is 18.9 Å². The predicted molar refractivity (Wildman–Crippen MR) is 88.5 cm³/mol. The van der Waals surface area contributed by atoms with Gasteiger partial charge in [-0.25, -0.2) is 4.79 Å². The van der Waals surface area contributed by atoms with E-state index in [4.69, 9.17) is 16.3 Å². The van der Waals surface area contributed by atoms with E-state index in [9.17, 15) is 4.79 Å². The lowest BCUT2D eigenvalue weighted by Crippen LogP contribution is -2.51. The molecule has 0 aliphatic carbocycles. The van der Waals surface area contributed by atoms with Gasteiger partial charge in [0.05, 0.1) is 7.11 Å². The number of nitrogens with one attached hydrogen (secondary N) is 1. The lowest BCUT2D eigenvalue weighted by atomic mass is 10.1. The first-order chi connectivity index (χ1) is 10.6. The van der Waals surface area contributed by atoms with Crippen molar-refractivity contribution in [2.75, 3.05) is 39.8 Å². The highest BCUT2D eigenvalue weighted by Crippen LogP contribution is 2.24. The lowest BCUT2D eigenvalue weighted by Gasteiger charge is -2.34. The highest BCUT2D eigenvalue weighted by molar-refractivity contribution is 6.30. The van der Waals surface area contributed by atoms with Gasteiger partial charge in [-0.05, 0) is 24.6 Å². The number of nitrogens with zero attached hydrogens (tertiary/aromatic N) is 2. The van der Waals surface area contributed by atoms with Crippen molar-refractivity contribution in [3.05, 3.63) is 28.8 Å². The van der Waals surface area contributed by atoms with E-state index in [-0.39, 0.29) is 6.03 Å². The topological polar surface area (TPSA) is 44.8 Å². The van der Waals surface area contributed by atoms with Crippen LogP contribution in [0.3, 0.4) is 0 Å². The van der Waals surface area contributed by atoms with Gasteiger partial charge in [-0.2, -0.15) is 0 Å². The van der Waals surface area contributed by atoms with E-state index in [0.717, 1.165) is 57.0 Å². The molecule has 6 heteroatoms. The minimum Gasteiger partial charge on any atom is -0.496 e. The molecule has 1 aliphatic rings. The van der Waals surface area contributed by atoms with Crippen LogP contribution in [0.2, 0.25) is 5.02 Å². The largest absolute Gasteiger partial charge is 0.496 e. The third kappa shape index (κ3) is 4.52. The second-order valence-electron chi connectivity index (χ2n) is 5.45. The molecular formula is C16H24ClN3O2. The van der Waals surface area contributed by atoms with Crippen molar-refractivity contribution in [3.63, 3.8) is 0 Å². The van der Waals surface area contributed by atoms with Crippen molar-refractivity contribution < 1.29 is 9.53 Å². The summed E-state index contributed by atoms with van der Waals surface area (Å²) in [6.07, 6.45) is 0.959. The summed E-state index contributed by atoms with van der Waals surface area (Å²) in [6, 6.07) is 5.72. The van der Waals surface area contributed by atoms with E-state index in [2.05, 4.69) is 17.1 Å². The van der Waals surface area contributed by atoms with Gasteiger partial charge < -0.3 is 15.0 Å². The molecule has 1 aromatic carbocycles. The summed E-state index contributed by atoms with van der Waals surface area (Å²) in [4.78, 5) is 16.1. The summed E-state index contributed by atoms with van der Waals surface area (Å²) in [5, 5.41) is 3.64. The molecule has 0 atom stereocenters. The van der Waals surface area contributed by atoms with Crippen molar-refractivity contribution in [2.45, 2.75) is 19.9 Å². The van der Waals surface area contributed by atoms with Crippen molar-refractivity contribution in [1.82, 2.24) is 15.1 Å². The highest BCUT2D eigenvalue weighted by atomic mass is 35.5.